The van der Waals surface area contributed by atoms with Crippen LogP contribution in [0.1, 0.15) is 28.8 Å². The number of piperidine rings is 3. The number of aliphatic carboxylic acids is 1. The summed E-state index contributed by atoms with van der Waals surface area (Å²) in [6, 6.07) is 18.6. The lowest BCUT2D eigenvalue weighted by Gasteiger charge is -2.51. The van der Waals surface area contributed by atoms with Gasteiger partial charge in [-0.15, -0.1) is 0 Å². The summed E-state index contributed by atoms with van der Waals surface area (Å²) >= 11 is 0. The van der Waals surface area contributed by atoms with E-state index in [0.717, 1.165) is 41.5 Å². The lowest BCUT2D eigenvalue weighted by atomic mass is 9.82. The number of quaternary nitrogens is 1. The normalized spacial score (nSPS) is 23.7. The molecule has 10 heteroatoms. The molecule has 3 aliphatic rings. The molecule has 2 aromatic rings. The molecule has 36 heavy (non-hydrogen) atoms. The second-order valence-electron chi connectivity index (χ2n) is 9.31. The maximum atomic E-state index is 12.8. The standard InChI is InChI=1S/C24H29N2O3.C2HF3O2/c25-21(15-18-7-3-1-4-8-18)24(28)29-23-17-26(13-11-20(23)12-14-26)16-22(27)19-9-5-2-6-10-19;3-2(4,5)1(6)7/h1-10,20-21,23H,11-17,25H2;(H,6,7)/q+1;/p-1/t20?,21-,23-,26?;/m0./s1. The van der Waals surface area contributed by atoms with E-state index in [1.165, 1.54) is 0 Å². The molecule has 2 bridgehead atoms. The lowest BCUT2D eigenvalue weighted by Crippen LogP contribution is -2.66. The fourth-order valence-electron chi connectivity index (χ4n) is 4.78. The van der Waals surface area contributed by atoms with Crippen molar-refractivity contribution in [3.63, 3.8) is 0 Å². The number of hydrogen-bond donors (Lipinski definition) is 1. The zero-order chi connectivity index (χ0) is 26.3. The van der Waals surface area contributed by atoms with Crippen molar-refractivity contribution in [1.82, 2.24) is 0 Å². The Morgan fingerprint density at radius 2 is 1.53 bits per heavy atom. The number of Topliss-reactive ketones (excluding diaryl/α,β-unsaturated/α-hetero) is 1. The van der Waals surface area contributed by atoms with E-state index in [1.54, 1.807) is 0 Å². The predicted octanol–water partition coefficient (Wildman–Crippen LogP) is 1.89. The van der Waals surface area contributed by atoms with Crippen LogP contribution in [0.4, 0.5) is 13.2 Å². The number of halogens is 3. The zero-order valence-electron chi connectivity index (χ0n) is 19.7. The van der Waals surface area contributed by atoms with Crippen molar-refractivity contribution < 1.29 is 41.9 Å². The summed E-state index contributed by atoms with van der Waals surface area (Å²) in [4.78, 5) is 34.2. The molecule has 0 aliphatic carbocycles. The minimum absolute atomic E-state index is 0.143. The van der Waals surface area contributed by atoms with Gasteiger partial charge in [-0.2, -0.15) is 13.2 Å². The number of benzene rings is 2. The van der Waals surface area contributed by atoms with E-state index in [9.17, 15) is 22.8 Å². The number of rotatable bonds is 7. The third kappa shape index (κ3) is 7.38. The molecule has 194 valence electrons. The molecule has 0 unspecified atom stereocenters. The Morgan fingerprint density at radius 3 is 2.06 bits per heavy atom. The van der Waals surface area contributed by atoms with Gasteiger partial charge in [0.05, 0.1) is 13.1 Å². The summed E-state index contributed by atoms with van der Waals surface area (Å²) in [7, 11) is 0. The summed E-state index contributed by atoms with van der Waals surface area (Å²) in [6.07, 6.45) is -2.87. The fourth-order valence-corrected chi connectivity index (χ4v) is 4.78. The first-order valence-corrected chi connectivity index (χ1v) is 11.7. The first kappa shape index (κ1) is 27.3. The summed E-state index contributed by atoms with van der Waals surface area (Å²) in [6.45, 7) is 3.15. The van der Waals surface area contributed by atoms with Crippen molar-refractivity contribution in [2.45, 2.75) is 37.6 Å². The minimum Gasteiger partial charge on any atom is -0.542 e. The number of alkyl halides is 3. The molecular formula is C26H29F3N2O5. The van der Waals surface area contributed by atoms with E-state index in [-0.39, 0.29) is 17.9 Å². The van der Waals surface area contributed by atoms with Gasteiger partial charge in [-0.05, 0) is 12.0 Å². The smallest absolute Gasteiger partial charge is 0.430 e. The van der Waals surface area contributed by atoms with Crippen LogP contribution >= 0.6 is 0 Å². The maximum Gasteiger partial charge on any atom is 0.430 e. The lowest BCUT2D eigenvalue weighted by molar-refractivity contribution is -0.938. The van der Waals surface area contributed by atoms with Gasteiger partial charge >= 0.3 is 12.1 Å². The minimum atomic E-state index is -5.19. The molecule has 3 fully saturated rings. The molecule has 0 amide bonds. The number of fused-ring (bicyclic) bond motifs is 3. The fraction of sp³-hybridized carbons (Fsp3) is 0.423. The molecular weight excluding hydrogens is 477 g/mol. The number of carboxylic acids is 1. The Hall–Kier alpha value is -3.24. The maximum absolute atomic E-state index is 12.8. The van der Waals surface area contributed by atoms with E-state index in [4.69, 9.17) is 20.4 Å². The van der Waals surface area contributed by atoms with Crippen molar-refractivity contribution in [2.24, 2.45) is 11.7 Å². The number of carboxylic acid groups (broad SMARTS) is 1. The number of nitrogens with zero attached hydrogens (tertiary/aromatic N) is 1. The molecule has 3 saturated heterocycles. The van der Waals surface area contributed by atoms with Gasteiger partial charge in [0.1, 0.15) is 25.1 Å². The zero-order valence-corrected chi connectivity index (χ0v) is 19.7. The Kier molecular flexibility index (Phi) is 8.86. The number of hydrogen-bond acceptors (Lipinski definition) is 6. The number of nitrogens with two attached hydrogens (primary N) is 1. The summed E-state index contributed by atoms with van der Waals surface area (Å²) < 4.78 is 38.1. The number of carbonyl (C=O) groups is 3. The highest BCUT2D eigenvalue weighted by molar-refractivity contribution is 5.97. The van der Waals surface area contributed by atoms with Crippen LogP contribution in [-0.4, -0.2) is 66.7 Å². The number of esters is 1. The van der Waals surface area contributed by atoms with Crippen LogP contribution in [0.5, 0.6) is 0 Å². The molecule has 3 heterocycles. The molecule has 0 spiro atoms. The van der Waals surface area contributed by atoms with E-state index in [1.807, 2.05) is 60.7 Å². The topological polar surface area (TPSA) is 110 Å². The van der Waals surface area contributed by atoms with Gasteiger partial charge in [-0.25, -0.2) is 0 Å². The van der Waals surface area contributed by atoms with Crippen molar-refractivity contribution in [2.75, 3.05) is 26.2 Å². The highest BCUT2D eigenvalue weighted by Gasteiger charge is 2.48. The molecule has 2 atom stereocenters. The SMILES string of the molecule is N[C@@H](Cc1ccccc1)C(=O)O[C@H]1C[N+]2(CC(=O)c3ccccc3)CCC1CC2.O=C([O-])C(F)(F)F. The number of ether oxygens (including phenoxy) is 1. The Morgan fingerprint density at radius 1 is 1.00 bits per heavy atom. The van der Waals surface area contributed by atoms with Crippen LogP contribution in [0.3, 0.4) is 0 Å². The largest absolute Gasteiger partial charge is 0.542 e. The third-order valence-electron chi connectivity index (χ3n) is 6.72. The second-order valence-corrected chi connectivity index (χ2v) is 9.31. The Labute approximate surface area is 207 Å². The molecule has 5 rings (SSSR count). The van der Waals surface area contributed by atoms with Crippen LogP contribution in [0.25, 0.3) is 0 Å². The molecule has 0 aromatic heterocycles. The first-order chi connectivity index (χ1) is 17.0. The molecule has 2 aromatic carbocycles. The molecule has 0 saturated carbocycles. The highest BCUT2D eigenvalue weighted by Crippen LogP contribution is 2.36. The summed E-state index contributed by atoms with van der Waals surface area (Å²) in [5.74, 6) is -2.79. The summed E-state index contributed by atoms with van der Waals surface area (Å²) in [5, 5.41) is 8.78. The van der Waals surface area contributed by atoms with Crippen LogP contribution in [0.15, 0.2) is 60.7 Å². The van der Waals surface area contributed by atoms with E-state index >= 15 is 0 Å². The number of ketones is 1. The molecule has 7 nitrogen and oxygen atoms in total. The highest BCUT2D eigenvalue weighted by atomic mass is 19.4. The van der Waals surface area contributed by atoms with Crippen LogP contribution in [-0.2, 0) is 20.7 Å². The number of carbonyl (C=O) groups excluding carboxylic acids is 3. The molecule has 3 aliphatic heterocycles. The second kappa shape index (κ2) is 11.7. The van der Waals surface area contributed by atoms with Crippen LogP contribution < -0.4 is 10.8 Å². The van der Waals surface area contributed by atoms with E-state index in [0.29, 0.717) is 25.4 Å². The van der Waals surface area contributed by atoms with E-state index in [2.05, 4.69) is 0 Å². The van der Waals surface area contributed by atoms with Gasteiger partial charge in [-0.3, -0.25) is 9.59 Å². The van der Waals surface area contributed by atoms with Crippen molar-refractivity contribution in [3.8, 4) is 0 Å². The van der Waals surface area contributed by atoms with Gasteiger partial charge in [-0.1, -0.05) is 60.7 Å². The summed E-state index contributed by atoms with van der Waals surface area (Å²) in [5.41, 5.74) is 7.91. The predicted molar refractivity (Wildman–Crippen MR) is 122 cm³/mol. The third-order valence-corrected chi connectivity index (χ3v) is 6.72. The van der Waals surface area contributed by atoms with Crippen LogP contribution in [0, 0.1) is 5.92 Å². The molecule has 0 radical (unpaired) electrons. The van der Waals surface area contributed by atoms with Gasteiger partial charge in [0, 0.05) is 24.3 Å². The average Bonchev–Trinajstić information content (AvgIpc) is 2.85. The first-order valence-electron chi connectivity index (χ1n) is 11.7. The Bertz CT molecular complexity index is 1040. The van der Waals surface area contributed by atoms with Crippen molar-refractivity contribution >= 4 is 17.7 Å². The average molecular weight is 507 g/mol. The van der Waals surface area contributed by atoms with Crippen molar-refractivity contribution in [1.29, 1.82) is 0 Å². The van der Waals surface area contributed by atoms with Gasteiger partial charge in [0.2, 0.25) is 5.78 Å². The van der Waals surface area contributed by atoms with Crippen LogP contribution in [0.2, 0.25) is 0 Å². The van der Waals surface area contributed by atoms with Gasteiger partial charge in [0.15, 0.2) is 6.10 Å². The molecule has 2 N–H and O–H groups in total. The van der Waals surface area contributed by atoms with E-state index < -0.39 is 18.2 Å². The Balaban J connectivity index is 0.000000454. The van der Waals surface area contributed by atoms with Gasteiger partial charge in [0.25, 0.3) is 0 Å². The quantitative estimate of drug-likeness (QED) is 0.349. The van der Waals surface area contributed by atoms with Crippen molar-refractivity contribution in [3.05, 3.63) is 71.8 Å². The monoisotopic (exact) mass is 506 g/mol. The van der Waals surface area contributed by atoms with Gasteiger partial charge < -0.3 is 24.9 Å².